The predicted octanol–water partition coefficient (Wildman–Crippen LogP) is 2.26. The van der Waals surface area contributed by atoms with Gasteiger partial charge in [-0.3, -0.25) is 9.79 Å². The average Bonchev–Trinajstić information content (AvgIpc) is 2.73. The molecule has 29 heavy (non-hydrogen) atoms. The molecule has 2 aliphatic rings. The Balaban J connectivity index is 2.20. The molecule has 1 heterocycles. The van der Waals surface area contributed by atoms with E-state index in [4.69, 9.17) is 15.2 Å². The van der Waals surface area contributed by atoms with Gasteiger partial charge in [-0.2, -0.15) is 5.26 Å². The van der Waals surface area contributed by atoms with Gasteiger partial charge in [-0.15, -0.1) is 0 Å². The molecule has 1 aromatic carbocycles. The van der Waals surface area contributed by atoms with Crippen molar-refractivity contribution < 1.29 is 19.1 Å². The highest BCUT2D eigenvalue weighted by atomic mass is 16.5. The monoisotopic (exact) mass is 395 g/mol. The molecule has 0 spiro atoms. The lowest BCUT2D eigenvalue weighted by Gasteiger charge is -2.36. The number of fused-ring (bicyclic) bond motifs is 1. The van der Waals surface area contributed by atoms with Gasteiger partial charge in [0.25, 0.3) is 0 Å². The van der Waals surface area contributed by atoms with Crippen LogP contribution < -0.4 is 5.73 Å². The number of nitrogens with two attached hydrogens (primary N) is 1. The number of ether oxygens (including phenoxy) is 2. The quantitative estimate of drug-likeness (QED) is 0.559. The van der Waals surface area contributed by atoms with Gasteiger partial charge < -0.3 is 15.2 Å². The fourth-order valence-corrected chi connectivity index (χ4v) is 4.04. The van der Waals surface area contributed by atoms with Crippen molar-refractivity contribution in [3.8, 4) is 6.07 Å². The van der Waals surface area contributed by atoms with E-state index >= 15 is 0 Å². The van der Waals surface area contributed by atoms with Crippen molar-refractivity contribution in [2.75, 3.05) is 26.4 Å². The summed E-state index contributed by atoms with van der Waals surface area (Å²) >= 11 is 0. The molecule has 1 fully saturated rings. The molecular weight excluding hydrogens is 370 g/mol. The molecule has 1 aliphatic carbocycles. The standard InChI is InChI=1S/C22H25N3O4/c1-2-29-22(27)21-17(13-28-11-10-23)25-16-8-5-9-18(26)20(16)19(21)15-7-4-3-6-14(15)12-24/h3-4,6-7,19-20H,2,5,8-11,13,23H2,1H3. The summed E-state index contributed by atoms with van der Waals surface area (Å²) in [4.78, 5) is 30.6. The van der Waals surface area contributed by atoms with Crippen molar-refractivity contribution in [2.45, 2.75) is 32.1 Å². The fourth-order valence-electron chi connectivity index (χ4n) is 4.04. The van der Waals surface area contributed by atoms with E-state index in [1.54, 1.807) is 25.1 Å². The molecule has 1 aromatic rings. The molecule has 1 aliphatic heterocycles. The van der Waals surface area contributed by atoms with Gasteiger partial charge in [0.1, 0.15) is 5.78 Å². The zero-order valence-electron chi connectivity index (χ0n) is 16.5. The van der Waals surface area contributed by atoms with Crippen LogP contribution in [0.25, 0.3) is 0 Å². The second-order valence-electron chi connectivity index (χ2n) is 7.00. The number of benzene rings is 1. The summed E-state index contributed by atoms with van der Waals surface area (Å²) in [5.74, 6) is -1.66. The molecule has 0 bridgehead atoms. The van der Waals surface area contributed by atoms with Crippen molar-refractivity contribution in [2.24, 2.45) is 16.6 Å². The van der Waals surface area contributed by atoms with Crippen LogP contribution in [0.4, 0.5) is 0 Å². The Morgan fingerprint density at radius 1 is 1.31 bits per heavy atom. The van der Waals surface area contributed by atoms with Gasteiger partial charge in [0.05, 0.1) is 48.6 Å². The van der Waals surface area contributed by atoms with Crippen LogP contribution in [0.2, 0.25) is 0 Å². The van der Waals surface area contributed by atoms with E-state index in [0.29, 0.717) is 48.4 Å². The minimum absolute atomic E-state index is 0.0384. The number of nitrogens with zero attached hydrogens (tertiary/aromatic N) is 2. The van der Waals surface area contributed by atoms with Crippen LogP contribution in [0.3, 0.4) is 0 Å². The molecule has 0 saturated heterocycles. The second kappa shape index (κ2) is 9.59. The van der Waals surface area contributed by atoms with E-state index in [1.165, 1.54) is 0 Å². The summed E-state index contributed by atoms with van der Waals surface area (Å²) in [7, 11) is 0. The summed E-state index contributed by atoms with van der Waals surface area (Å²) < 4.78 is 10.9. The van der Waals surface area contributed by atoms with Crippen LogP contribution in [0.1, 0.15) is 43.2 Å². The molecule has 7 nitrogen and oxygen atoms in total. The number of hydrogen-bond donors (Lipinski definition) is 1. The Hall–Kier alpha value is -2.82. The van der Waals surface area contributed by atoms with Gasteiger partial charge in [-0.05, 0) is 31.4 Å². The third-order valence-electron chi connectivity index (χ3n) is 5.21. The Labute approximate surface area is 170 Å². The summed E-state index contributed by atoms with van der Waals surface area (Å²) in [5, 5.41) is 9.64. The first kappa shape index (κ1) is 20.9. The zero-order valence-corrected chi connectivity index (χ0v) is 16.5. The molecule has 0 aromatic heterocycles. The Bertz CT molecular complexity index is 898. The lowest BCUT2D eigenvalue weighted by atomic mass is 9.68. The highest BCUT2D eigenvalue weighted by Crippen LogP contribution is 2.44. The first-order valence-electron chi connectivity index (χ1n) is 9.89. The Morgan fingerprint density at radius 2 is 2.10 bits per heavy atom. The molecule has 3 rings (SSSR count). The van der Waals surface area contributed by atoms with Gasteiger partial charge in [0, 0.05) is 24.6 Å². The zero-order chi connectivity index (χ0) is 20.8. The summed E-state index contributed by atoms with van der Waals surface area (Å²) in [6.45, 7) is 2.69. The van der Waals surface area contributed by atoms with E-state index in [1.807, 2.05) is 6.07 Å². The van der Waals surface area contributed by atoms with E-state index < -0.39 is 17.8 Å². The SMILES string of the molecule is CCOC(=O)C1=C(COCCN)N=C2CCCC(=O)C2C1c1ccccc1C#N. The van der Waals surface area contributed by atoms with Gasteiger partial charge >= 0.3 is 5.97 Å². The maximum atomic E-state index is 13.0. The highest BCUT2D eigenvalue weighted by molar-refractivity contribution is 6.11. The van der Waals surface area contributed by atoms with Crippen molar-refractivity contribution in [1.82, 2.24) is 0 Å². The molecule has 2 N–H and O–H groups in total. The van der Waals surface area contributed by atoms with E-state index in [-0.39, 0.29) is 19.0 Å². The van der Waals surface area contributed by atoms with Crippen LogP contribution in [0, 0.1) is 17.2 Å². The van der Waals surface area contributed by atoms with Gasteiger partial charge in [-0.1, -0.05) is 18.2 Å². The number of carbonyl (C=O) groups is 2. The largest absolute Gasteiger partial charge is 0.463 e. The maximum Gasteiger partial charge on any atom is 0.336 e. The predicted molar refractivity (Wildman–Crippen MR) is 107 cm³/mol. The van der Waals surface area contributed by atoms with Crippen LogP contribution in [-0.4, -0.2) is 43.8 Å². The summed E-state index contributed by atoms with van der Waals surface area (Å²) in [6.07, 6.45) is 1.84. The Kier molecular flexibility index (Phi) is 6.91. The third-order valence-corrected chi connectivity index (χ3v) is 5.21. The number of carbonyl (C=O) groups excluding carboxylic acids is 2. The molecule has 2 unspecified atom stereocenters. The number of rotatable bonds is 7. The van der Waals surface area contributed by atoms with Gasteiger partial charge in [0.2, 0.25) is 0 Å². The number of esters is 1. The van der Waals surface area contributed by atoms with E-state index in [0.717, 1.165) is 12.1 Å². The molecule has 1 saturated carbocycles. The maximum absolute atomic E-state index is 13.0. The van der Waals surface area contributed by atoms with Gasteiger partial charge in [-0.25, -0.2) is 4.79 Å². The fraction of sp³-hybridized carbons (Fsp3) is 0.455. The van der Waals surface area contributed by atoms with Crippen LogP contribution in [-0.2, 0) is 19.1 Å². The Morgan fingerprint density at radius 3 is 2.83 bits per heavy atom. The molecule has 2 atom stereocenters. The minimum Gasteiger partial charge on any atom is -0.463 e. The smallest absolute Gasteiger partial charge is 0.336 e. The number of nitriles is 1. The van der Waals surface area contributed by atoms with Crippen LogP contribution in [0.5, 0.6) is 0 Å². The first-order chi connectivity index (χ1) is 14.1. The molecule has 152 valence electrons. The average molecular weight is 395 g/mol. The number of aliphatic imine (C=N–C) groups is 1. The number of ketones is 1. The molecular formula is C22H25N3O4. The summed E-state index contributed by atoms with van der Waals surface area (Å²) in [6, 6.07) is 9.25. The topological polar surface area (TPSA) is 115 Å². The first-order valence-corrected chi connectivity index (χ1v) is 9.89. The highest BCUT2D eigenvalue weighted by Gasteiger charge is 2.45. The minimum atomic E-state index is -0.610. The van der Waals surface area contributed by atoms with Crippen LogP contribution >= 0.6 is 0 Å². The van der Waals surface area contributed by atoms with Crippen LogP contribution in [0.15, 0.2) is 40.5 Å². The van der Waals surface area contributed by atoms with Gasteiger partial charge in [0.15, 0.2) is 0 Å². The third kappa shape index (κ3) is 4.29. The van der Waals surface area contributed by atoms with Crippen molar-refractivity contribution in [1.29, 1.82) is 5.26 Å². The van der Waals surface area contributed by atoms with Crippen molar-refractivity contribution in [3.63, 3.8) is 0 Å². The van der Waals surface area contributed by atoms with Crippen molar-refractivity contribution >= 4 is 17.5 Å². The van der Waals surface area contributed by atoms with E-state index in [9.17, 15) is 14.9 Å². The van der Waals surface area contributed by atoms with E-state index in [2.05, 4.69) is 11.1 Å². The summed E-state index contributed by atoms with van der Waals surface area (Å²) in [5.41, 5.74) is 8.09. The van der Waals surface area contributed by atoms with Crippen molar-refractivity contribution in [3.05, 3.63) is 46.7 Å². The lowest BCUT2D eigenvalue weighted by Crippen LogP contribution is -2.40. The molecule has 0 radical (unpaired) electrons. The number of hydrogen-bond acceptors (Lipinski definition) is 7. The normalized spacial score (nSPS) is 21.3. The second-order valence-corrected chi connectivity index (χ2v) is 7.00. The molecule has 7 heteroatoms. The number of Topliss-reactive ketones (excluding diaryl/α,β-unsaturated/α-hetero) is 1. The lowest BCUT2D eigenvalue weighted by molar-refractivity contribution is -0.139. The molecule has 0 amide bonds.